The van der Waals surface area contributed by atoms with Crippen LogP contribution in [0, 0.1) is 4.91 Å². The number of rotatable bonds is 4. The molecule has 0 saturated carbocycles. The molecule has 84 valence electrons. The smallest absolute Gasteiger partial charge is 0.117 e. The van der Waals surface area contributed by atoms with Crippen LogP contribution in [-0.4, -0.2) is 30.5 Å². The first-order valence-corrected chi connectivity index (χ1v) is 5.29. The zero-order valence-corrected chi connectivity index (χ0v) is 9.53. The Morgan fingerprint density at radius 2 is 2.19 bits per heavy atom. The predicted octanol–water partition coefficient (Wildman–Crippen LogP) is 2.67. The van der Waals surface area contributed by atoms with E-state index in [9.17, 15) is 4.91 Å². The molecule has 0 unspecified atom stereocenters. The second-order valence-electron chi connectivity index (χ2n) is 4.16. The largest absolute Gasteiger partial charge is 0.361 e. The lowest BCUT2D eigenvalue weighted by Crippen LogP contribution is -2.14. The van der Waals surface area contributed by atoms with Crippen LogP contribution >= 0.6 is 0 Å². The molecule has 0 bridgehead atoms. The summed E-state index contributed by atoms with van der Waals surface area (Å²) in [4.78, 5) is 16.0. The van der Waals surface area contributed by atoms with Crippen LogP contribution in [0.2, 0.25) is 0 Å². The van der Waals surface area contributed by atoms with Crippen molar-refractivity contribution in [1.29, 1.82) is 0 Å². The monoisotopic (exact) mass is 217 g/mol. The van der Waals surface area contributed by atoms with Crippen molar-refractivity contribution >= 4 is 16.6 Å². The second-order valence-corrected chi connectivity index (χ2v) is 4.16. The molecule has 4 heteroatoms. The van der Waals surface area contributed by atoms with Gasteiger partial charge in [0, 0.05) is 23.6 Å². The van der Waals surface area contributed by atoms with Crippen molar-refractivity contribution in [3.63, 3.8) is 0 Å². The lowest BCUT2D eigenvalue weighted by molar-refractivity contribution is 0.414. The summed E-state index contributed by atoms with van der Waals surface area (Å²) < 4.78 is 0. The lowest BCUT2D eigenvalue weighted by Gasteiger charge is -2.08. The molecular weight excluding hydrogens is 202 g/mol. The molecule has 0 fully saturated rings. The first-order chi connectivity index (χ1) is 7.72. The Hall–Kier alpha value is -1.68. The van der Waals surface area contributed by atoms with Crippen LogP contribution in [0.4, 0.5) is 5.69 Å². The Bertz CT molecular complexity index is 502. The molecule has 0 amide bonds. The Morgan fingerprint density at radius 3 is 2.88 bits per heavy atom. The lowest BCUT2D eigenvalue weighted by atomic mass is 10.1. The standard InChI is InChI=1S/C12H15N3O/c1-15(2)7-6-9-8-13-10-4-3-5-11(14-16)12(9)10/h3-5,8,13H,6-7H2,1-2H3. The van der Waals surface area contributed by atoms with Crippen LogP contribution in [0.15, 0.2) is 29.6 Å². The zero-order valence-electron chi connectivity index (χ0n) is 9.53. The van der Waals surface area contributed by atoms with Gasteiger partial charge in [0.15, 0.2) is 0 Å². The van der Waals surface area contributed by atoms with Gasteiger partial charge in [-0.2, -0.15) is 0 Å². The Kier molecular flexibility index (Phi) is 3.01. The van der Waals surface area contributed by atoms with Gasteiger partial charge in [-0.05, 0) is 43.4 Å². The van der Waals surface area contributed by atoms with E-state index in [-0.39, 0.29) is 0 Å². The molecule has 1 aromatic carbocycles. The van der Waals surface area contributed by atoms with Gasteiger partial charge in [0.2, 0.25) is 0 Å². The van der Waals surface area contributed by atoms with Gasteiger partial charge in [0.05, 0.1) is 0 Å². The van der Waals surface area contributed by atoms with Crippen LogP contribution in [0.3, 0.4) is 0 Å². The minimum Gasteiger partial charge on any atom is -0.361 e. The fraction of sp³-hybridized carbons (Fsp3) is 0.333. The summed E-state index contributed by atoms with van der Waals surface area (Å²) >= 11 is 0. The maximum absolute atomic E-state index is 10.7. The van der Waals surface area contributed by atoms with Crippen molar-refractivity contribution in [1.82, 2.24) is 9.88 Å². The highest BCUT2D eigenvalue weighted by Gasteiger charge is 2.08. The molecule has 0 radical (unpaired) electrons. The number of aromatic amines is 1. The number of aromatic nitrogens is 1. The minimum atomic E-state index is 0.521. The van der Waals surface area contributed by atoms with Crippen LogP contribution in [0.25, 0.3) is 10.9 Å². The second kappa shape index (κ2) is 4.45. The van der Waals surface area contributed by atoms with Crippen molar-refractivity contribution in [3.05, 3.63) is 34.9 Å². The molecule has 1 heterocycles. The summed E-state index contributed by atoms with van der Waals surface area (Å²) in [6.45, 7) is 0.958. The van der Waals surface area contributed by atoms with E-state index in [1.54, 1.807) is 6.07 Å². The molecule has 1 N–H and O–H groups in total. The third-order valence-corrected chi connectivity index (χ3v) is 2.69. The fourth-order valence-electron chi connectivity index (χ4n) is 1.85. The average molecular weight is 217 g/mol. The van der Waals surface area contributed by atoms with E-state index >= 15 is 0 Å². The zero-order chi connectivity index (χ0) is 11.5. The van der Waals surface area contributed by atoms with E-state index in [4.69, 9.17) is 0 Å². The minimum absolute atomic E-state index is 0.521. The fourth-order valence-corrected chi connectivity index (χ4v) is 1.85. The number of nitroso groups, excluding NO2 is 1. The highest BCUT2D eigenvalue weighted by Crippen LogP contribution is 2.29. The first-order valence-electron chi connectivity index (χ1n) is 5.29. The molecule has 0 spiro atoms. The predicted molar refractivity (Wildman–Crippen MR) is 66.0 cm³/mol. The van der Waals surface area contributed by atoms with Crippen molar-refractivity contribution in [2.24, 2.45) is 5.18 Å². The van der Waals surface area contributed by atoms with E-state index in [1.807, 2.05) is 32.4 Å². The molecule has 0 atom stereocenters. The molecule has 0 aliphatic rings. The molecule has 4 nitrogen and oxygen atoms in total. The number of hydrogen-bond acceptors (Lipinski definition) is 3. The molecule has 16 heavy (non-hydrogen) atoms. The summed E-state index contributed by atoms with van der Waals surface area (Å²) in [5.74, 6) is 0. The van der Waals surface area contributed by atoms with Gasteiger partial charge in [-0.3, -0.25) is 0 Å². The highest BCUT2D eigenvalue weighted by molar-refractivity contribution is 5.93. The van der Waals surface area contributed by atoms with Crippen molar-refractivity contribution < 1.29 is 0 Å². The molecule has 1 aromatic heterocycles. The van der Waals surface area contributed by atoms with Gasteiger partial charge in [0.25, 0.3) is 0 Å². The molecule has 0 saturated heterocycles. The quantitative estimate of drug-likeness (QED) is 0.800. The van der Waals surface area contributed by atoms with Gasteiger partial charge in [-0.15, -0.1) is 4.91 Å². The summed E-state index contributed by atoms with van der Waals surface area (Å²) in [6, 6.07) is 5.55. The van der Waals surface area contributed by atoms with Crippen LogP contribution in [0.5, 0.6) is 0 Å². The number of H-pyrrole nitrogens is 1. The van der Waals surface area contributed by atoms with Gasteiger partial charge < -0.3 is 9.88 Å². The number of nitrogens with one attached hydrogen (secondary N) is 1. The maximum atomic E-state index is 10.7. The first kappa shape index (κ1) is 10.8. The third-order valence-electron chi connectivity index (χ3n) is 2.69. The van der Waals surface area contributed by atoms with Crippen molar-refractivity contribution in [2.45, 2.75) is 6.42 Å². The summed E-state index contributed by atoms with van der Waals surface area (Å²) in [6.07, 6.45) is 2.88. The van der Waals surface area contributed by atoms with Gasteiger partial charge in [-0.1, -0.05) is 6.07 Å². The molecular formula is C12H15N3O. The molecule has 0 aliphatic carbocycles. The van der Waals surface area contributed by atoms with Crippen LogP contribution < -0.4 is 0 Å². The normalized spacial score (nSPS) is 11.2. The molecule has 0 aliphatic heterocycles. The van der Waals surface area contributed by atoms with Gasteiger partial charge >= 0.3 is 0 Å². The Labute approximate surface area is 94.2 Å². The van der Waals surface area contributed by atoms with E-state index in [1.165, 1.54) is 0 Å². The summed E-state index contributed by atoms with van der Waals surface area (Å²) in [7, 11) is 4.07. The Balaban J connectivity index is 2.41. The number of fused-ring (bicyclic) bond motifs is 1. The number of nitrogens with zero attached hydrogens (tertiary/aromatic N) is 2. The third kappa shape index (κ3) is 1.97. The van der Waals surface area contributed by atoms with E-state index in [0.29, 0.717) is 5.69 Å². The van der Waals surface area contributed by atoms with E-state index < -0.39 is 0 Å². The summed E-state index contributed by atoms with van der Waals surface area (Å²) in [5, 5.41) is 4.03. The SMILES string of the molecule is CN(C)CCc1c[nH]c2cccc(N=O)c12. The summed E-state index contributed by atoms with van der Waals surface area (Å²) in [5.41, 5.74) is 2.65. The van der Waals surface area contributed by atoms with Crippen molar-refractivity contribution in [3.8, 4) is 0 Å². The van der Waals surface area contributed by atoms with Crippen LogP contribution in [0.1, 0.15) is 5.56 Å². The number of benzene rings is 1. The molecule has 2 aromatic rings. The van der Waals surface area contributed by atoms with Crippen molar-refractivity contribution in [2.75, 3.05) is 20.6 Å². The maximum Gasteiger partial charge on any atom is 0.117 e. The highest BCUT2D eigenvalue weighted by atomic mass is 16.3. The molecule has 2 rings (SSSR count). The van der Waals surface area contributed by atoms with Gasteiger partial charge in [-0.25, -0.2) is 0 Å². The Morgan fingerprint density at radius 1 is 1.38 bits per heavy atom. The van der Waals surface area contributed by atoms with E-state index in [0.717, 1.165) is 29.4 Å². The van der Waals surface area contributed by atoms with E-state index in [2.05, 4.69) is 15.1 Å². The van der Waals surface area contributed by atoms with Crippen LogP contribution in [-0.2, 0) is 6.42 Å². The topological polar surface area (TPSA) is 48.5 Å². The number of hydrogen-bond donors (Lipinski definition) is 1. The average Bonchev–Trinajstić information content (AvgIpc) is 2.69. The van der Waals surface area contributed by atoms with Gasteiger partial charge in [0.1, 0.15) is 5.69 Å². The number of likely N-dealkylation sites (N-methyl/N-ethyl adjacent to an activating group) is 1.